The number of halogens is 3. The monoisotopic (exact) mass is 355 g/mol. The highest BCUT2D eigenvalue weighted by molar-refractivity contribution is 6.05. The minimum absolute atomic E-state index is 0.108. The number of hydrogen-bond donors (Lipinski definition) is 2. The Morgan fingerprint density at radius 2 is 1.88 bits per heavy atom. The summed E-state index contributed by atoms with van der Waals surface area (Å²) in [6.07, 6.45) is 0.118. The average Bonchev–Trinajstić information content (AvgIpc) is 2.52. The third-order valence-corrected chi connectivity index (χ3v) is 4.33. The summed E-state index contributed by atoms with van der Waals surface area (Å²) in [4.78, 5) is 10.3. The molecule has 2 aliphatic rings. The Kier molecular flexibility index (Phi) is 4.49. The van der Waals surface area contributed by atoms with E-state index in [0.29, 0.717) is 5.69 Å². The molecule has 1 aliphatic heterocycles. The van der Waals surface area contributed by atoms with E-state index in [4.69, 9.17) is 16.2 Å². The minimum Gasteiger partial charge on any atom is -0.484 e. The molecule has 0 unspecified atom stereocenters. The summed E-state index contributed by atoms with van der Waals surface area (Å²) in [5.41, 5.74) is 11.8. The third kappa shape index (κ3) is 3.80. The van der Waals surface area contributed by atoms with Crippen LogP contribution >= 0.6 is 0 Å². The predicted octanol–water partition coefficient (Wildman–Crippen LogP) is 2.74. The van der Waals surface area contributed by atoms with Gasteiger partial charge in [-0.05, 0) is 37.8 Å². The molecule has 0 aromatic heterocycles. The molecule has 0 radical (unpaired) electrons. The van der Waals surface area contributed by atoms with Crippen molar-refractivity contribution in [3.8, 4) is 5.75 Å². The molecule has 0 bridgehead atoms. The maximum Gasteiger partial charge on any atom is 0.422 e. The number of ether oxygens (including phenoxy) is 1. The van der Waals surface area contributed by atoms with E-state index in [1.165, 1.54) is 12.1 Å². The van der Waals surface area contributed by atoms with Crippen molar-refractivity contribution in [1.82, 2.24) is 0 Å². The summed E-state index contributed by atoms with van der Waals surface area (Å²) in [7, 11) is 0. The largest absolute Gasteiger partial charge is 0.484 e. The average molecular weight is 355 g/mol. The Bertz CT molecular complexity index is 695. The van der Waals surface area contributed by atoms with Gasteiger partial charge in [-0.15, -0.1) is 0 Å². The second-order valence-electron chi connectivity index (χ2n) is 6.22. The molecule has 9 heteroatoms. The Balaban J connectivity index is 1.92. The first-order valence-corrected chi connectivity index (χ1v) is 8.08. The van der Waals surface area contributed by atoms with Crippen LogP contribution < -0.4 is 21.1 Å². The first-order chi connectivity index (χ1) is 11.8. The smallest absolute Gasteiger partial charge is 0.422 e. The number of hydrogen-bond acceptors (Lipinski definition) is 6. The van der Waals surface area contributed by atoms with Gasteiger partial charge in [-0.25, -0.2) is 4.99 Å². The molecule has 0 saturated heterocycles. The van der Waals surface area contributed by atoms with Crippen LogP contribution in [0.2, 0.25) is 0 Å². The molecule has 1 aromatic carbocycles. The van der Waals surface area contributed by atoms with E-state index < -0.39 is 18.4 Å². The van der Waals surface area contributed by atoms with Gasteiger partial charge in [0.05, 0.1) is 0 Å². The molecule has 136 valence electrons. The molecular formula is C16H20F3N5O. The Hall–Kier alpha value is -2.45. The van der Waals surface area contributed by atoms with Crippen LogP contribution in [0.5, 0.6) is 5.75 Å². The summed E-state index contributed by atoms with van der Waals surface area (Å²) in [6, 6.07) is 6.35. The fourth-order valence-corrected chi connectivity index (χ4v) is 3.37. The van der Waals surface area contributed by atoms with Gasteiger partial charge in [-0.2, -0.15) is 18.2 Å². The molecule has 1 aliphatic carbocycles. The zero-order valence-corrected chi connectivity index (χ0v) is 13.6. The second-order valence-corrected chi connectivity index (χ2v) is 6.22. The Morgan fingerprint density at radius 3 is 2.56 bits per heavy atom. The number of anilines is 1. The SMILES string of the molecule is NC1=NC2(CCCCC2)N(c2cccc(OCC(F)(F)F)c2)C(N)=N1. The van der Waals surface area contributed by atoms with Gasteiger partial charge in [0.15, 0.2) is 6.61 Å². The Morgan fingerprint density at radius 1 is 1.16 bits per heavy atom. The van der Waals surface area contributed by atoms with Crippen LogP contribution in [0.3, 0.4) is 0 Å². The lowest BCUT2D eigenvalue weighted by atomic mass is 9.87. The fourth-order valence-electron chi connectivity index (χ4n) is 3.37. The number of aliphatic imine (C=N–C) groups is 2. The summed E-state index contributed by atoms with van der Waals surface area (Å²) in [6.45, 7) is -1.35. The van der Waals surface area contributed by atoms with E-state index in [9.17, 15) is 13.2 Å². The number of guanidine groups is 2. The molecule has 25 heavy (non-hydrogen) atoms. The molecule has 4 N–H and O–H groups in total. The molecule has 1 fully saturated rings. The highest BCUT2D eigenvalue weighted by Crippen LogP contribution is 2.40. The lowest BCUT2D eigenvalue weighted by Crippen LogP contribution is -2.58. The summed E-state index contributed by atoms with van der Waals surface area (Å²) >= 11 is 0. The first kappa shape index (κ1) is 17.4. The molecule has 1 spiro atoms. The topological polar surface area (TPSA) is 89.2 Å². The van der Waals surface area contributed by atoms with Crippen molar-refractivity contribution >= 4 is 17.6 Å². The van der Waals surface area contributed by atoms with Crippen molar-refractivity contribution in [3.63, 3.8) is 0 Å². The molecule has 1 heterocycles. The van der Waals surface area contributed by atoms with Crippen LogP contribution in [-0.2, 0) is 0 Å². The molecule has 0 atom stereocenters. The second kappa shape index (κ2) is 6.45. The Labute approximate surface area is 143 Å². The molecule has 6 nitrogen and oxygen atoms in total. The standard InChI is InChI=1S/C16H20F3N5O/c17-16(18,19)10-25-12-6-4-5-11(9-12)24-14(21)22-13(20)23-15(24)7-2-1-3-8-15/h4-6,9H,1-3,7-8,10H2,(H4,20,21,22,23). The number of benzene rings is 1. The predicted molar refractivity (Wildman–Crippen MR) is 89.5 cm³/mol. The quantitative estimate of drug-likeness (QED) is 0.872. The maximum absolute atomic E-state index is 12.4. The van der Waals surface area contributed by atoms with Crippen LogP contribution in [0.25, 0.3) is 0 Å². The molecular weight excluding hydrogens is 335 g/mol. The van der Waals surface area contributed by atoms with Crippen LogP contribution in [0, 0.1) is 0 Å². The summed E-state index contributed by atoms with van der Waals surface area (Å²) in [5.74, 6) is 0.415. The van der Waals surface area contributed by atoms with E-state index in [2.05, 4.69) is 9.98 Å². The van der Waals surface area contributed by atoms with E-state index in [1.807, 2.05) is 0 Å². The van der Waals surface area contributed by atoms with E-state index in [-0.39, 0.29) is 17.7 Å². The van der Waals surface area contributed by atoms with Crippen LogP contribution in [0.15, 0.2) is 34.3 Å². The van der Waals surface area contributed by atoms with E-state index >= 15 is 0 Å². The van der Waals surface area contributed by atoms with Gasteiger partial charge in [-0.1, -0.05) is 12.5 Å². The first-order valence-electron chi connectivity index (χ1n) is 8.08. The number of alkyl halides is 3. The van der Waals surface area contributed by atoms with E-state index in [0.717, 1.165) is 32.1 Å². The van der Waals surface area contributed by atoms with Crippen molar-refractivity contribution < 1.29 is 17.9 Å². The lowest BCUT2D eigenvalue weighted by molar-refractivity contribution is -0.153. The molecule has 3 rings (SSSR count). The van der Waals surface area contributed by atoms with Gasteiger partial charge in [0.2, 0.25) is 11.9 Å². The fraction of sp³-hybridized carbons (Fsp3) is 0.500. The van der Waals surface area contributed by atoms with Crippen molar-refractivity contribution in [2.75, 3.05) is 11.5 Å². The van der Waals surface area contributed by atoms with Crippen molar-refractivity contribution in [1.29, 1.82) is 0 Å². The number of nitrogens with zero attached hydrogens (tertiary/aromatic N) is 3. The summed E-state index contributed by atoms with van der Waals surface area (Å²) < 4.78 is 42.0. The normalized spacial score (nSPS) is 20.2. The highest BCUT2D eigenvalue weighted by atomic mass is 19.4. The maximum atomic E-state index is 12.4. The minimum atomic E-state index is -4.40. The third-order valence-electron chi connectivity index (χ3n) is 4.33. The zero-order valence-electron chi connectivity index (χ0n) is 13.6. The highest BCUT2D eigenvalue weighted by Gasteiger charge is 2.42. The van der Waals surface area contributed by atoms with Gasteiger partial charge < -0.3 is 16.2 Å². The van der Waals surface area contributed by atoms with Crippen LogP contribution in [-0.4, -0.2) is 30.4 Å². The molecule has 1 aromatic rings. The number of nitrogens with two attached hydrogens (primary N) is 2. The van der Waals surface area contributed by atoms with Crippen LogP contribution in [0.4, 0.5) is 18.9 Å². The lowest BCUT2D eigenvalue weighted by Gasteiger charge is -2.45. The molecule has 0 amide bonds. The van der Waals surface area contributed by atoms with Gasteiger partial charge in [0, 0.05) is 11.8 Å². The van der Waals surface area contributed by atoms with Gasteiger partial charge >= 0.3 is 6.18 Å². The summed E-state index contributed by atoms with van der Waals surface area (Å²) in [5, 5.41) is 0. The molecule has 1 saturated carbocycles. The van der Waals surface area contributed by atoms with Crippen LogP contribution in [0.1, 0.15) is 32.1 Å². The van der Waals surface area contributed by atoms with Gasteiger partial charge in [0.1, 0.15) is 11.4 Å². The van der Waals surface area contributed by atoms with Gasteiger partial charge in [0.25, 0.3) is 0 Å². The van der Waals surface area contributed by atoms with Crippen molar-refractivity contribution in [3.05, 3.63) is 24.3 Å². The van der Waals surface area contributed by atoms with Gasteiger partial charge in [-0.3, -0.25) is 4.90 Å². The number of rotatable bonds is 3. The van der Waals surface area contributed by atoms with Crippen molar-refractivity contribution in [2.45, 2.75) is 43.9 Å². The zero-order chi connectivity index (χ0) is 18.1. The van der Waals surface area contributed by atoms with E-state index in [1.54, 1.807) is 17.0 Å². The van der Waals surface area contributed by atoms with Crippen molar-refractivity contribution in [2.24, 2.45) is 21.5 Å².